The van der Waals surface area contributed by atoms with E-state index < -0.39 is 0 Å². The van der Waals surface area contributed by atoms with Gasteiger partial charge in [0.1, 0.15) is 5.69 Å². The molecular weight excluding hydrogens is 202 g/mol. The molecule has 2 aromatic rings. The number of hydrogen-bond acceptors (Lipinski definition) is 2. The smallest absolute Gasteiger partial charge is 0.268 e. The minimum Gasteiger partial charge on any atom is -0.399 e. The van der Waals surface area contributed by atoms with Crippen LogP contribution in [0.5, 0.6) is 0 Å². The summed E-state index contributed by atoms with van der Waals surface area (Å²) in [4.78, 5) is 15.0. The zero-order valence-corrected chi connectivity index (χ0v) is 8.84. The van der Waals surface area contributed by atoms with E-state index in [0.717, 1.165) is 41.5 Å². The van der Waals surface area contributed by atoms with Gasteiger partial charge in [-0.1, -0.05) is 0 Å². The third-order valence-corrected chi connectivity index (χ3v) is 3.05. The van der Waals surface area contributed by atoms with E-state index in [1.54, 1.807) is 0 Å². The predicted octanol–water partition coefficient (Wildman–Crippen LogP) is 1.43. The number of nitrogens with one attached hydrogen (secondary N) is 2. The van der Waals surface area contributed by atoms with Crippen molar-refractivity contribution in [3.05, 3.63) is 29.5 Å². The van der Waals surface area contributed by atoms with E-state index in [1.165, 1.54) is 0 Å². The monoisotopic (exact) mass is 215 g/mol. The molecule has 1 aliphatic heterocycles. The number of carbonyl (C=O) groups is 1. The van der Waals surface area contributed by atoms with Crippen molar-refractivity contribution in [1.29, 1.82) is 0 Å². The molecule has 0 aliphatic carbocycles. The van der Waals surface area contributed by atoms with Crippen LogP contribution in [0.3, 0.4) is 0 Å². The number of H-pyrrole nitrogens is 1. The Labute approximate surface area is 92.8 Å². The molecule has 0 atom stereocenters. The number of aromatic nitrogens is 1. The van der Waals surface area contributed by atoms with Crippen LogP contribution in [0.4, 0.5) is 5.69 Å². The van der Waals surface area contributed by atoms with Gasteiger partial charge in [0.15, 0.2) is 0 Å². The van der Waals surface area contributed by atoms with Crippen LogP contribution in [-0.2, 0) is 6.42 Å². The summed E-state index contributed by atoms with van der Waals surface area (Å²) in [7, 11) is 0. The lowest BCUT2D eigenvalue weighted by Gasteiger charge is -1.97. The molecule has 82 valence electrons. The number of amides is 1. The van der Waals surface area contributed by atoms with Crippen LogP contribution in [-0.4, -0.2) is 17.4 Å². The predicted molar refractivity (Wildman–Crippen MR) is 63.4 cm³/mol. The van der Waals surface area contributed by atoms with E-state index in [9.17, 15) is 4.79 Å². The van der Waals surface area contributed by atoms with Crippen molar-refractivity contribution in [3.63, 3.8) is 0 Å². The Balaban J connectivity index is 2.30. The average Bonchev–Trinajstić information content (AvgIpc) is 2.52. The van der Waals surface area contributed by atoms with E-state index >= 15 is 0 Å². The summed E-state index contributed by atoms with van der Waals surface area (Å²) in [6.45, 7) is 0.741. The molecule has 0 unspecified atom stereocenters. The largest absolute Gasteiger partial charge is 0.399 e. The molecule has 4 N–H and O–H groups in total. The van der Waals surface area contributed by atoms with Gasteiger partial charge in [-0.3, -0.25) is 4.79 Å². The SMILES string of the molecule is Nc1ccc2[nH]c3c(c2c1)CCCNC3=O. The highest BCUT2D eigenvalue weighted by Gasteiger charge is 2.19. The molecular formula is C12H13N3O. The molecule has 4 nitrogen and oxygen atoms in total. The van der Waals surface area contributed by atoms with Crippen LogP contribution in [0, 0.1) is 0 Å². The molecule has 0 saturated carbocycles. The van der Waals surface area contributed by atoms with Gasteiger partial charge in [-0.05, 0) is 36.6 Å². The summed E-state index contributed by atoms with van der Waals surface area (Å²) in [6, 6.07) is 5.70. The summed E-state index contributed by atoms with van der Waals surface area (Å²) in [5.74, 6) is -0.0118. The highest BCUT2D eigenvalue weighted by atomic mass is 16.1. The number of benzene rings is 1. The first-order chi connectivity index (χ1) is 7.75. The van der Waals surface area contributed by atoms with Crippen LogP contribution in [0.25, 0.3) is 10.9 Å². The number of aromatic amines is 1. The van der Waals surface area contributed by atoms with Gasteiger partial charge in [0.2, 0.25) is 0 Å². The highest BCUT2D eigenvalue weighted by molar-refractivity contribution is 6.02. The van der Waals surface area contributed by atoms with Gasteiger partial charge in [-0.25, -0.2) is 0 Å². The van der Waals surface area contributed by atoms with Crippen LogP contribution < -0.4 is 11.1 Å². The van der Waals surface area contributed by atoms with E-state index in [2.05, 4.69) is 10.3 Å². The third kappa shape index (κ3) is 1.26. The number of aryl methyl sites for hydroxylation is 1. The van der Waals surface area contributed by atoms with Crippen LogP contribution >= 0.6 is 0 Å². The number of carbonyl (C=O) groups excluding carboxylic acids is 1. The fourth-order valence-corrected chi connectivity index (χ4v) is 2.27. The Hall–Kier alpha value is -1.97. The molecule has 1 amide bonds. The van der Waals surface area contributed by atoms with Gasteiger partial charge < -0.3 is 16.0 Å². The zero-order chi connectivity index (χ0) is 11.1. The molecule has 4 heteroatoms. The van der Waals surface area contributed by atoms with Gasteiger partial charge in [0.25, 0.3) is 5.91 Å². The van der Waals surface area contributed by atoms with Crippen LogP contribution in [0.15, 0.2) is 18.2 Å². The maximum Gasteiger partial charge on any atom is 0.268 e. The first kappa shape index (κ1) is 9.27. The van der Waals surface area contributed by atoms with Crippen LogP contribution in [0.2, 0.25) is 0 Å². The second-order valence-corrected chi connectivity index (χ2v) is 4.14. The maximum absolute atomic E-state index is 11.8. The minimum absolute atomic E-state index is 0.0118. The Morgan fingerprint density at radius 3 is 3.06 bits per heavy atom. The lowest BCUT2D eigenvalue weighted by Crippen LogP contribution is -2.22. The van der Waals surface area contributed by atoms with Crippen molar-refractivity contribution in [2.24, 2.45) is 0 Å². The number of fused-ring (bicyclic) bond motifs is 3. The fraction of sp³-hybridized carbons (Fsp3) is 0.250. The summed E-state index contributed by atoms with van der Waals surface area (Å²) in [5.41, 5.74) is 9.28. The summed E-state index contributed by atoms with van der Waals surface area (Å²) in [5, 5.41) is 3.95. The van der Waals surface area contributed by atoms with E-state index in [1.807, 2.05) is 18.2 Å². The average molecular weight is 215 g/mol. The van der Waals surface area contributed by atoms with Crippen molar-refractivity contribution in [2.75, 3.05) is 12.3 Å². The molecule has 0 spiro atoms. The van der Waals surface area contributed by atoms with Gasteiger partial charge in [-0.2, -0.15) is 0 Å². The second-order valence-electron chi connectivity index (χ2n) is 4.14. The highest BCUT2D eigenvalue weighted by Crippen LogP contribution is 2.26. The zero-order valence-electron chi connectivity index (χ0n) is 8.84. The maximum atomic E-state index is 11.8. The van der Waals surface area contributed by atoms with Gasteiger partial charge >= 0.3 is 0 Å². The Kier molecular flexibility index (Phi) is 1.89. The van der Waals surface area contributed by atoms with Crippen molar-refractivity contribution in [2.45, 2.75) is 12.8 Å². The minimum atomic E-state index is -0.0118. The first-order valence-electron chi connectivity index (χ1n) is 5.44. The van der Waals surface area contributed by atoms with Crippen LogP contribution in [0.1, 0.15) is 22.5 Å². The molecule has 16 heavy (non-hydrogen) atoms. The number of nitrogens with two attached hydrogens (primary N) is 1. The number of rotatable bonds is 0. The fourth-order valence-electron chi connectivity index (χ4n) is 2.27. The molecule has 3 rings (SSSR count). The molecule has 0 bridgehead atoms. The quantitative estimate of drug-likeness (QED) is 0.582. The second kappa shape index (κ2) is 3.27. The summed E-state index contributed by atoms with van der Waals surface area (Å²) >= 11 is 0. The van der Waals surface area contributed by atoms with E-state index in [0.29, 0.717) is 5.69 Å². The Morgan fingerprint density at radius 1 is 1.31 bits per heavy atom. The standard InChI is InChI=1S/C12H13N3O/c13-7-3-4-10-9(6-7)8-2-1-5-14-12(16)11(8)15-10/h3-4,6,15H,1-2,5,13H2,(H,14,16). The summed E-state index contributed by atoms with van der Waals surface area (Å²) < 4.78 is 0. The first-order valence-corrected chi connectivity index (χ1v) is 5.44. The van der Waals surface area contributed by atoms with Crippen molar-refractivity contribution < 1.29 is 4.79 Å². The Morgan fingerprint density at radius 2 is 2.19 bits per heavy atom. The molecule has 1 aliphatic rings. The lowest BCUT2D eigenvalue weighted by atomic mass is 10.1. The van der Waals surface area contributed by atoms with Crippen molar-refractivity contribution in [3.8, 4) is 0 Å². The third-order valence-electron chi connectivity index (χ3n) is 3.05. The summed E-state index contributed by atoms with van der Waals surface area (Å²) in [6.07, 6.45) is 1.89. The van der Waals surface area contributed by atoms with Gasteiger partial charge in [-0.15, -0.1) is 0 Å². The molecule has 1 aromatic heterocycles. The molecule has 1 aromatic carbocycles. The van der Waals surface area contributed by atoms with Crippen molar-refractivity contribution in [1.82, 2.24) is 10.3 Å². The molecule has 0 saturated heterocycles. The number of anilines is 1. The normalized spacial score (nSPS) is 15.6. The van der Waals surface area contributed by atoms with E-state index in [-0.39, 0.29) is 5.91 Å². The lowest BCUT2D eigenvalue weighted by molar-refractivity contribution is 0.0952. The number of nitrogen functional groups attached to an aromatic ring is 1. The Bertz CT molecular complexity index is 571. The number of hydrogen-bond donors (Lipinski definition) is 3. The molecule has 0 radical (unpaired) electrons. The molecule has 2 heterocycles. The topological polar surface area (TPSA) is 70.9 Å². The van der Waals surface area contributed by atoms with Gasteiger partial charge in [0.05, 0.1) is 0 Å². The van der Waals surface area contributed by atoms with Gasteiger partial charge in [0, 0.05) is 23.1 Å². The van der Waals surface area contributed by atoms with E-state index in [4.69, 9.17) is 5.73 Å². The molecule has 0 fully saturated rings. The van der Waals surface area contributed by atoms with Crippen molar-refractivity contribution >= 4 is 22.5 Å².